The number of hydrogen-bond acceptors (Lipinski definition) is 6. The zero-order chi connectivity index (χ0) is 19.1. The minimum atomic E-state index is 0.623. The van der Waals surface area contributed by atoms with E-state index in [1.807, 2.05) is 29.0 Å². The van der Waals surface area contributed by atoms with Gasteiger partial charge in [0.2, 0.25) is 0 Å². The number of aliphatic imine (C=N–C) groups is 1. The van der Waals surface area contributed by atoms with Gasteiger partial charge in [0.1, 0.15) is 23.2 Å². The van der Waals surface area contributed by atoms with E-state index in [9.17, 15) is 0 Å². The Hall–Kier alpha value is -3.29. The van der Waals surface area contributed by atoms with Crippen LogP contribution in [0.5, 0.6) is 11.5 Å². The van der Waals surface area contributed by atoms with E-state index < -0.39 is 0 Å². The van der Waals surface area contributed by atoms with E-state index in [2.05, 4.69) is 26.1 Å². The van der Waals surface area contributed by atoms with Crippen molar-refractivity contribution in [2.45, 2.75) is 25.3 Å². The molecule has 0 atom stereocenters. The molecule has 28 heavy (non-hydrogen) atoms. The summed E-state index contributed by atoms with van der Waals surface area (Å²) in [4.78, 5) is 11.5. The third kappa shape index (κ3) is 3.11. The summed E-state index contributed by atoms with van der Waals surface area (Å²) in [6.07, 6.45) is 6.22. The molecule has 0 amide bonds. The average molecular weight is 378 g/mol. The maximum Gasteiger partial charge on any atom is 0.175 e. The van der Waals surface area contributed by atoms with Crippen LogP contribution in [0.25, 0.3) is 0 Å². The van der Waals surface area contributed by atoms with Crippen LogP contribution < -0.4 is 14.4 Å². The summed E-state index contributed by atoms with van der Waals surface area (Å²) in [5.74, 6) is 4.66. The third-order valence-electron chi connectivity index (χ3n) is 5.21. The first-order chi connectivity index (χ1) is 13.7. The number of nitrogens with one attached hydrogen (secondary N) is 1. The number of ether oxygens (including phenoxy) is 2. The van der Waals surface area contributed by atoms with Crippen LogP contribution in [0.2, 0.25) is 0 Å². The van der Waals surface area contributed by atoms with Gasteiger partial charge in [-0.2, -0.15) is 5.10 Å². The molecule has 144 valence electrons. The third-order valence-corrected chi connectivity index (χ3v) is 5.21. The number of aromatic amines is 1. The summed E-state index contributed by atoms with van der Waals surface area (Å²) in [5, 5.41) is 7.50. The van der Waals surface area contributed by atoms with Gasteiger partial charge in [-0.1, -0.05) is 0 Å². The van der Waals surface area contributed by atoms with E-state index in [1.54, 1.807) is 20.4 Å². The second kappa shape index (κ2) is 6.70. The van der Waals surface area contributed by atoms with Crippen molar-refractivity contribution in [1.82, 2.24) is 19.7 Å². The standard InChI is InChI=1S/C20H22N6O2/c1-27-15-7-14(8-16(9-15)28-2)25-11-19-21-5-6-26(19)20(12-25)22-18-10-17(23-24-18)13-3-4-13/h5-10,13H,3-4,11-12H2,1-2H3,(H,23,24). The van der Waals surface area contributed by atoms with Crippen molar-refractivity contribution < 1.29 is 9.47 Å². The number of H-pyrrole nitrogens is 1. The maximum atomic E-state index is 5.42. The minimum Gasteiger partial charge on any atom is -0.497 e. The second-order valence-electron chi connectivity index (χ2n) is 7.12. The van der Waals surface area contributed by atoms with E-state index >= 15 is 0 Å². The molecule has 0 radical (unpaired) electrons. The van der Waals surface area contributed by atoms with E-state index in [-0.39, 0.29) is 0 Å². The van der Waals surface area contributed by atoms with Gasteiger partial charge in [0.15, 0.2) is 5.82 Å². The van der Waals surface area contributed by atoms with Gasteiger partial charge in [0, 0.05) is 54.0 Å². The zero-order valence-corrected chi connectivity index (χ0v) is 15.9. The Morgan fingerprint density at radius 3 is 2.57 bits per heavy atom. The number of aromatic nitrogens is 4. The van der Waals surface area contributed by atoms with Crippen molar-refractivity contribution >= 4 is 17.3 Å². The summed E-state index contributed by atoms with van der Waals surface area (Å²) in [6.45, 7) is 1.31. The lowest BCUT2D eigenvalue weighted by Gasteiger charge is -2.30. The number of fused-ring (bicyclic) bond motifs is 1. The molecular weight excluding hydrogens is 356 g/mol. The van der Waals surface area contributed by atoms with Crippen LogP contribution in [0.15, 0.2) is 41.7 Å². The topological polar surface area (TPSA) is 80.6 Å². The van der Waals surface area contributed by atoms with Gasteiger partial charge < -0.3 is 14.4 Å². The molecule has 0 spiro atoms. The summed E-state index contributed by atoms with van der Waals surface area (Å²) < 4.78 is 12.9. The fourth-order valence-corrected chi connectivity index (χ4v) is 3.53. The molecule has 1 N–H and O–H groups in total. The van der Waals surface area contributed by atoms with Gasteiger partial charge >= 0.3 is 0 Å². The number of imidazole rings is 1. The molecular formula is C20H22N6O2. The van der Waals surface area contributed by atoms with Crippen LogP contribution in [-0.4, -0.2) is 46.3 Å². The molecule has 8 nitrogen and oxygen atoms in total. The lowest BCUT2D eigenvalue weighted by Crippen LogP contribution is -2.39. The van der Waals surface area contributed by atoms with Gasteiger partial charge in [-0.05, 0) is 12.8 Å². The molecule has 1 aromatic carbocycles. The van der Waals surface area contributed by atoms with Crippen LogP contribution >= 0.6 is 0 Å². The van der Waals surface area contributed by atoms with E-state index in [4.69, 9.17) is 14.5 Å². The van der Waals surface area contributed by atoms with Crippen LogP contribution in [0.4, 0.5) is 11.5 Å². The number of benzene rings is 1. The Balaban J connectivity index is 1.50. The quantitative estimate of drug-likeness (QED) is 0.738. The first-order valence-electron chi connectivity index (χ1n) is 9.37. The molecule has 3 heterocycles. The predicted octanol–water partition coefficient (Wildman–Crippen LogP) is 3.10. The highest BCUT2D eigenvalue weighted by Gasteiger charge is 2.26. The Labute approximate surface area is 162 Å². The maximum absolute atomic E-state index is 5.42. The van der Waals surface area contributed by atoms with Crippen LogP contribution in [0.1, 0.15) is 30.3 Å². The van der Waals surface area contributed by atoms with Crippen molar-refractivity contribution in [2.75, 3.05) is 25.7 Å². The highest BCUT2D eigenvalue weighted by atomic mass is 16.5. The van der Waals surface area contributed by atoms with Crippen molar-refractivity contribution in [3.63, 3.8) is 0 Å². The first kappa shape index (κ1) is 16.9. The monoisotopic (exact) mass is 378 g/mol. The zero-order valence-electron chi connectivity index (χ0n) is 15.9. The van der Waals surface area contributed by atoms with Crippen LogP contribution in [-0.2, 0) is 6.54 Å². The molecule has 2 aliphatic rings. The molecule has 0 saturated heterocycles. The number of rotatable bonds is 5. The SMILES string of the molecule is COc1cc(OC)cc(N2CC(=Nc3cc(C4CC4)[nH]n3)n3ccnc3C2)c1. The molecule has 8 heteroatoms. The largest absolute Gasteiger partial charge is 0.497 e. The minimum absolute atomic E-state index is 0.623. The van der Waals surface area contributed by atoms with Crippen LogP contribution in [0, 0.1) is 0 Å². The molecule has 1 saturated carbocycles. The van der Waals surface area contributed by atoms with Crippen molar-refractivity contribution in [1.29, 1.82) is 0 Å². The normalized spacial score (nSPS) is 17.6. The molecule has 1 aliphatic heterocycles. The average Bonchev–Trinajstić information content (AvgIpc) is 3.28. The lowest BCUT2D eigenvalue weighted by atomic mass is 10.2. The van der Waals surface area contributed by atoms with E-state index in [0.29, 0.717) is 24.8 Å². The molecule has 2 aromatic heterocycles. The Bertz CT molecular complexity index is 1010. The van der Waals surface area contributed by atoms with Gasteiger partial charge in [-0.3, -0.25) is 9.67 Å². The number of hydrogen-bond donors (Lipinski definition) is 1. The molecule has 1 fully saturated rings. The van der Waals surface area contributed by atoms with Crippen molar-refractivity contribution in [2.24, 2.45) is 4.99 Å². The fourth-order valence-electron chi connectivity index (χ4n) is 3.53. The molecule has 0 unspecified atom stereocenters. The highest BCUT2D eigenvalue weighted by molar-refractivity contribution is 5.92. The Morgan fingerprint density at radius 2 is 1.86 bits per heavy atom. The van der Waals surface area contributed by atoms with Crippen molar-refractivity contribution in [3.8, 4) is 11.5 Å². The molecule has 3 aromatic rings. The number of methoxy groups -OCH3 is 2. The summed E-state index contributed by atoms with van der Waals surface area (Å²) >= 11 is 0. The van der Waals surface area contributed by atoms with E-state index in [1.165, 1.54) is 18.5 Å². The number of anilines is 1. The highest BCUT2D eigenvalue weighted by Crippen LogP contribution is 2.40. The van der Waals surface area contributed by atoms with Crippen molar-refractivity contribution in [3.05, 3.63) is 48.2 Å². The predicted molar refractivity (Wildman–Crippen MR) is 106 cm³/mol. The van der Waals surface area contributed by atoms with Gasteiger partial charge in [0.05, 0.1) is 27.3 Å². The van der Waals surface area contributed by atoms with Crippen LogP contribution in [0.3, 0.4) is 0 Å². The lowest BCUT2D eigenvalue weighted by molar-refractivity contribution is 0.394. The Kier molecular flexibility index (Phi) is 4.03. The number of nitrogens with zero attached hydrogens (tertiary/aromatic N) is 5. The van der Waals surface area contributed by atoms with E-state index in [0.717, 1.165) is 28.8 Å². The summed E-state index contributed by atoms with van der Waals surface area (Å²) in [5.41, 5.74) is 2.18. The smallest absolute Gasteiger partial charge is 0.175 e. The Morgan fingerprint density at radius 1 is 1.07 bits per heavy atom. The summed E-state index contributed by atoms with van der Waals surface area (Å²) in [6, 6.07) is 7.91. The molecule has 5 rings (SSSR count). The van der Waals surface area contributed by atoms with Gasteiger partial charge in [-0.15, -0.1) is 0 Å². The van der Waals surface area contributed by atoms with Gasteiger partial charge in [0.25, 0.3) is 0 Å². The first-order valence-corrected chi connectivity index (χ1v) is 9.37. The second-order valence-corrected chi connectivity index (χ2v) is 7.12. The van der Waals surface area contributed by atoms with Gasteiger partial charge in [-0.25, -0.2) is 9.98 Å². The molecule has 0 bridgehead atoms. The summed E-state index contributed by atoms with van der Waals surface area (Å²) in [7, 11) is 3.31. The molecule has 1 aliphatic carbocycles. The fraction of sp³-hybridized carbons (Fsp3) is 0.350.